The largest absolute Gasteiger partial charge is 0.480 e. The number of carbonyl (C=O) groups is 2. The summed E-state index contributed by atoms with van der Waals surface area (Å²) in [5, 5.41) is 15.0. The van der Waals surface area contributed by atoms with Crippen molar-refractivity contribution in [3.63, 3.8) is 0 Å². The highest BCUT2D eigenvalue weighted by Gasteiger charge is 2.24. The van der Waals surface area contributed by atoms with Gasteiger partial charge in [-0.3, -0.25) is 10.1 Å². The van der Waals surface area contributed by atoms with Gasteiger partial charge in [-0.15, -0.1) is 0 Å². The fourth-order valence-corrected chi connectivity index (χ4v) is 2.07. The molecule has 0 aromatic rings. The van der Waals surface area contributed by atoms with E-state index in [1.807, 2.05) is 34.6 Å². The maximum atomic E-state index is 11.5. The average Bonchev–Trinajstić information content (AvgIpc) is 2.37. The summed E-state index contributed by atoms with van der Waals surface area (Å²) in [6, 6.07) is -0.696. The Bertz CT molecular complexity index is 366. The molecule has 1 amide bonds. The van der Waals surface area contributed by atoms with Crippen LogP contribution in [0.15, 0.2) is 0 Å². The summed E-state index contributed by atoms with van der Waals surface area (Å²) in [4.78, 5) is 22.8. The van der Waals surface area contributed by atoms with Crippen molar-refractivity contribution < 1.29 is 24.2 Å². The van der Waals surface area contributed by atoms with Crippen LogP contribution in [0, 0.1) is 5.92 Å². The van der Waals surface area contributed by atoms with Crippen molar-refractivity contribution in [3.05, 3.63) is 0 Å². The number of nitrogens with one attached hydrogen (secondary N) is 2. The number of rotatable bonds is 10. The number of hydrogen-bond donors (Lipinski definition) is 3. The molecule has 0 heterocycles. The van der Waals surface area contributed by atoms with Crippen LogP contribution < -0.4 is 10.6 Å². The minimum absolute atomic E-state index is 0.0215. The van der Waals surface area contributed by atoms with Crippen molar-refractivity contribution in [2.75, 3.05) is 20.3 Å². The molecule has 3 N–H and O–H groups in total. The Kier molecular flexibility index (Phi) is 9.83. The van der Waals surface area contributed by atoms with Crippen LogP contribution >= 0.6 is 0 Å². The Hall–Kier alpha value is -1.34. The molecule has 0 rings (SSSR count). The minimum Gasteiger partial charge on any atom is -0.480 e. The van der Waals surface area contributed by atoms with Gasteiger partial charge in [0.1, 0.15) is 11.6 Å². The van der Waals surface area contributed by atoms with Crippen LogP contribution in [-0.4, -0.2) is 55.1 Å². The Morgan fingerprint density at radius 2 is 1.83 bits per heavy atom. The summed E-state index contributed by atoms with van der Waals surface area (Å²) in [6.07, 6.45) is 0.949. The maximum absolute atomic E-state index is 11.5. The summed E-state index contributed by atoms with van der Waals surface area (Å²) in [7, 11) is 1.58. The lowest BCUT2D eigenvalue weighted by atomic mass is 10.0. The average molecular weight is 332 g/mol. The predicted octanol–water partition coefficient (Wildman–Crippen LogP) is 2.01. The van der Waals surface area contributed by atoms with Gasteiger partial charge in [0.05, 0.1) is 6.61 Å². The maximum Gasteiger partial charge on any atom is 0.407 e. The molecule has 2 atom stereocenters. The quantitative estimate of drug-likeness (QED) is 0.530. The molecule has 0 saturated heterocycles. The number of methoxy groups -OCH3 is 1. The van der Waals surface area contributed by atoms with Gasteiger partial charge in [0.2, 0.25) is 0 Å². The predicted molar refractivity (Wildman–Crippen MR) is 88.5 cm³/mol. The molecule has 0 fully saturated rings. The van der Waals surface area contributed by atoms with Crippen molar-refractivity contribution in [1.82, 2.24) is 10.6 Å². The molecule has 0 aromatic carbocycles. The lowest BCUT2D eigenvalue weighted by Crippen LogP contribution is -2.48. The fourth-order valence-electron chi connectivity index (χ4n) is 2.07. The summed E-state index contributed by atoms with van der Waals surface area (Å²) in [5.41, 5.74) is -0.518. The molecule has 0 radical (unpaired) electrons. The van der Waals surface area contributed by atoms with Gasteiger partial charge in [-0.25, -0.2) is 4.79 Å². The fraction of sp³-hybridized carbons (Fsp3) is 0.875. The summed E-state index contributed by atoms with van der Waals surface area (Å²) in [6.45, 7) is 10.0. The molecule has 23 heavy (non-hydrogen) atoms. The second-order valence-corrected chi connectivity index (χ2v) is 6.95. The molecule has 2 unspecified atom stereocenters. The Morgan fingerprint density at radius 1 is 1.22 bits per heavy atom. The molecule has 0 spiro atoms. The van der Waals surface area contributed by atoms with Crippen LogP contribution in [0.5, 0.6) is 0 Å². The van der Waals surface area contributed by atoms with Crippen LogP contribution in [0.3, 0.4) is 0 Å². The first kappa shape index (κ1) is 21.7. The lowest BCUT2D eigenvalue weighted by molar-refractivity contribution is -0.141. The van der Waals surface area contributed by atoms with Crippen LogP contribution in [-0.2, 0) is 14.3 Å². The van der Waals surface area contributed by atoms with Gasteiger partial charge in [-0.05, 0) is 39.5 Å². The molecule has 136 valence electrons. The lowest BCUT2D eigenvalue weighted by Gasteiger charge is -2.25. The summed E-state index contributed by atoms with van der Waals surface area (Å²) < 4.78 is 10.3. The van der Waals surface area contributed by atoms with Crippen molar-refractivity contribution in [3.8, 4) is 0 Å². The standard InChI is InChI=1S/C16H32N2O5/c1-11(2)13(14(19)20)18-12(10-22-6)8-7-9-17-15(21)23-16(3,4)5/h11-13,18H,7-10H2,1-6H3,(H,17,21)(H,19,20). The van der Waals surface area contributed by atoms with Crippen LogP contribution in [0.25, 0.3) is 0 Å². The number of carboxylic acids is 1. The van der Waals surface area contributed by atoms with E-state index < -0.39 is 23.7 Å². The van der Waals surface area contributed by atoms with Crippen molar-refractivity contribution >= 4 is 12.1 Å². The Balaban J connectivity index is 4.24. The van der Waals surface area contributed by atoms with Gasteiger partial charge in [-0.2, -0.15) is 0 Å². The van der Waals surface area contributed by atoms with E-state index in [0.29, 0.717) is 26.0 Å². The van der Waals surface area contributed by atoms with Crippen LogP contribution in [0.1, 0.15) is 47.5 Å². The zero-order valence-electron chi connectivity index (χ0n) is 15.1. The molecule has 7 heteroatoms. The number of alkyl carbamates (subject to hydrolysis) is 1. The van der Waals surface area contributed by atoms with E-state index in [4.69, 9.17) is 9.47 Å². The molecule has 0 bridgehead atoms. The topological polar surface area (TPSA) is 96.9 Å². The first-order chi connectivity index (χ1) is 10.6. The molecule has 0 saturated carbocycles. The Morgan fingerprint density at radius 3 is 2.26 bits per heavy atom. The van der Waals surface area contributed by atoms with Gasteiger partial charge in [0.15, 0.2) is 0 Å². The third-order valence-corrected chi connectivity index (χ3v) is 3.11. The highest BCUT2D eigenvalue weighted by Crippen LogP contribution is 2.08. The zero-order chi connectivity index (χ0) is 18.0. The van der Waals surface area contributed by atoms with Gasteiger partial charge in [0.25, 0.3) is 0 Å². The molecule has 0 aliphatic heterocycles. The molecular formula is C16H32N2O5. The van der Waals surface area contributed by atoms with E-state index in [-0.39, 0.29) is 12.0 Å². The van der Waals surface area contributed by atoms with E-state index in [1.165, 1.54) is 0 Å². The highest BCUT2D eigenvalue weighted by atomic mass is 16.6. The van der Waals surface area contributed by atoms with E-state index in [1.54, 1.807) is 7.11 Å². The molecule has 7 nitrogen and oxygen atoms in total. The number of aliphatic carboxylic acids is 1. The number of amides is 1. The first-order valence-corrected chi connectivity index (χ1v) is 8.01. The summed E-state index contributed by atoms with van der Waals surface area (Å²) >= 11 is 0. The van der Waals surface area contributed by atoms with Gasteiger partial charge >= 0.3 is 12.1 Å². The van der Waals surface area contributed by atoms with Crippen LogP contribution in [0.4, 0.5) is 4.79 Å². The normalized spacial score (nSPS) is 14.4. The third kappa shape index (κ3) is 10.9. The monoisotopic (exact) mass is 332 g/mol. The number of hydrogen-bond acceptors (Lipinski definition) is 5. The number of ether oxygens (including phenoxy) is 2. The van der Waals surface area contributed by atoms with Crippen molar-refractivity contribution in [2.45, 2.75) is 65.1 Å². The van der Waals surface area contributed by atoms with Crippen LogP contribution in [0.2, 0.25) is 0 Å². The Labute approximate surface area is 139 Å². The number of carboxylic acid groups (broad SMARTS) is 1. The first-order valence-electron chi connectivity index (χ1n) is 8.01. The van der Waals surface area contributed by atoms with E-state index in [0.717, 1.165) is 0 Å². The van der Waals surface area contributed by atoms with E-state index in [2.05, 4.69) is 10.6 Å². The van der Waals surface area contributed by atoms with Gasteiger partial charge < -0.3 is 19.9 Å². The molecule has 0 aliphatic carbocycles. The minimum atomic E-state index is -0.868. The van der Waals surface area contributed by atoms with Gasteiger partial charge in [0, 0.05) is 19.7 Å². The number of carbonyl (C=O) groups excluding carboxylic acids is 1. The second-order valence-electron chi connectivity index (χ2n) is 6.95. The molecule has 0 aromatic heterocycles. The second kappa shape index (κ2) is 10.4. The van der Waals surface area contributed by atoms with Crippen molar-refractivity contribution in [1.29, 1.82) is 0 Å². The third-order valence-electron chi connectivity index (χ3n) is 3.11. The zero-order valence-corrected chi connectivity index (χ0v) is 15.1. The SMILES string of the molecule is COCC(CCCNC(=O)OC(C)(C)C)NC(C(=O)O)C(C)C. The van der Waals surface area contributed by atoms with E-state index in [9.17, 15) is 14.7 Å². The smallest absolute Gasteiger partial charge is 0.407 e. The van der Waals surface area contributed by atoms with Crippen molar-refractivity contribution in [2.24, 2.45) is 5.92 Å². The highest BCUT2D eigenvalue weighted by molar-refractivity contribution is 5.73. The van der Waals surface area contributed by atoms with E-state index >= 15 is 0 Å². The molecular weight excluding hydrogens is 300 g/mol. The molecule has 0 aliphatic rings. The van der Waals surface area contributed by atoms with Gasteiger partial charge in [-0.1, -0.05) is 13.8 Å². The summed E-state index contributed by atoms with van der Waals surface area (Å²) in [5.74, 6) is -0.889.